The Labute approximate surface area is 122 Å². The van der Waals surface area contributed by atoms with E-state index in [-0.39, 0.29) is 30.7 Å². The second-order valence-corrected chi connectivity index (χ2v) is 4.90. The van der Waals surface area contributed by atoms with Crippen molar-refractivity contribution in [3.63, 3.8) is 0 Å². The van der Waals surface area contributed by atoms with Crippen LogP contribution in [-0.4, -0.2) is 60.2 Å². The van der Waals surface area contributed by atoms with Gasteiger partial charge in [0.05, 0.1) is 11.8 Å². The van der Waals surface area contributed by atoms with Crippen LogP contribution in [0.5, 0.6) is 0 Å². The van der Waals surface area contributed by atoms with Gasteiger partial charge in [0, 0.05) is 46.1 Å². The number of rotatable bonds is 4. The van der Waals surface area contributed by atoms with Crippen LogP contribution in [0, 0.1) is 0 Å². The molecule has 1 fully saturated rings. The second-order valence-electron chi connectivity index (χ2n) is 4.90. The van der Waals surface area contributed by atoms with E-state index in [4.69, 9.17) is 4.42 Å². The normalized spacial score (nSPS) is 14.9. The Bertz CT molecular complexity index is 504. The Morgan fingerprint density at radius 2 is 1.86 bits per heavy atom. The predicted molar refractivity (Wildman–Crippen MR) is 74.5 cm³/mol. The molecular weight excluding hydrogens is 274 g/mol. The minimum absolute atomic E-state index is 0.00862. The third kappa shape index (κ3) is 4.08. The average molecular weight is 293 g/mol. The topological polar surface area (TPSA) is 82.9 Å². The first-order chi connectivity index (χ1) is 10.1. The van der Waals surface area contributed by atoms with E-state index in [1.54, 1.807) is 15.9 Å². The zero-order chi connectivity index (χ0) is 15.2. The summed E-state index contributed by atoms with van der Waals surface area (Å²) in [6.07, 6.45) is 3.04. The summed E-state index contributed by atoms with van der Waals surface area (Å²) in [6.45, 7) is 4.06. The van der Waals surface area contributed by atoms with Crippen molar-refractivity contribution in [1.82, 2.24) is 15.1 Å². The van der Waals surface area contributed by atoms with E-state index >= 15 is 0 Å². The molecule has 2 rings (SSSR count). The van der Waals surface area contributed by atoms with E-state index < -0.39 is 0 Å². The molecule has 1 N–H and O–H groups in total. The molecule has 0 atom stereocenters. The van der Waals surface area contributed by atoms with Crippen molar-refractivity contribution in [2.75, 3.05) is 32.7 Å². The molecule has 3 amide bonds. The zero-order valence-electron chi connectivity index (χ0n) is 12.0. The van der Waals surface area contributed by atoms with Crippen molar-refractivity contribution in [2.45, 2.75) is 13.3 Å². The monoisotopic (exact) mass is 293 g/mol. The fourth-order valence-electron chi connectivity index (χ4n) is 2.21. The van der Waals surface area contributed by atoms with E-state index in [9.17, 15) is 14.4 Å². The molecule has 21 heavy (non-hydrogen) atoms. The molecule has 1 saturated heterocycles. The number of furan rings is 1. The van der Waals surface area contributed by atoms with Crippen LogP contribution in [0.15, 0.2) is 23.0 Å². The van der Waals surface area contributed by atoms with Gasteiger partial charge in [0.1, 0.15) is 6.26 Å². The summed E-state index contributed by atoms with van der Waals surface area (Å²) in [5.41, 5.74) is 0.442. The molecule has 1 aromatic heterocycles. The van der Waals surface area contributed by atoms with Gasteiger partial charge in [-0.3, -0.25) is 14.4 Å². The maximum atomic E-state index is 12.0. The van der Waals surface area contributed by atoms with Gasteiger partial charge in [-0.2, -0.15) is 0 Å². The van der Waals surface area contributed by atoms with Crippen molar-refractivity contribution in [2.24, 2.45) is 0 Å². The van der Waals surface area contributed by atoms with Gasteiger partial charge in [-0.1, -0.05) is 0 Å². The van der Waals surface area contributed by atoms with Crippen LogP contribution in [0.1, 0.15) is 23.7 Å². The van der Waals surface area contributed by atoms with E-state index in [2.05, 4.69) is 5.32 Å². The van der Waals surface area contributed by atoms with Crippen LogP contribution in [0.3, 0.4) is 0 Å². The van der Waals surface area contributed by atoms with Gasteiger partial charge in [-0.25, -0.2) is 0 Å². The summed E-state index contributed by atoms with van der Waals surface area (Å²) in [4.78, 5) is 38.3. The lowest BCUT2D eigenvalue weighted by Crippen LogP contribution is -2.50. The van der Waals surface area contributed by atoms with Crippen molar-refractivity contribution in [1.29, 1.82) is 0 Å². The number of nitrogens with one attached hydrogen (secondary N) is 1. The fourth-order valence-corrected chi connectivity index (χ4v) is 2.21. The second kappa shape index (κ2) is 6.92. The number of hydrogen-bond acceptors (Lipinski definition) is 4. The molecule has 1 aromatic rings. The summed E-state index contributed by atoms with van der Waals surface area (Å²) in [5, 5.41) is 2.67. The smallest absolute Gasteiger partial charge is 0.254 e. The number of piperazine rings is 1. The summed E-state index contributed by atoms with van der Waals surface area (Å²) in [6, 6.07) is 1.57. The summed E-state index contributed by atoms with van der Waals surface area (Å²) in [5.74, 6) is -0.224. The van der Waals surface area contributed by atoms with E-state index in [0.717, 1.165) is 0 Å². The molecule has 7 nitrogen and oxygen atoms in total. The quantitative estimate of drug-likeness (QED) is 0.853. The maximum Gasteiger partial charge on any atom is 0.254 e. The highest BCUT2D eigenvalue weighted by atomic mass is 16.3. The Hall–Kier alpha value is -2.31. The van der Waals surface area contributed by atoms with Crippen molar-refractivity contribution in [3.05, 3.63) is 24.2 Å². The Kier molecular flexibility index (Phi) is 4.97. The van der Waals surface area contributed by atoms with Crippen molar-refractivity contribution >= 4 is 17.7 Å². The van der Waals surface area contributed by atoms with E-state index in [1.165, 1.54) is 19.5 Å². The summed E-state index contributed by atoms with van der Waals surface area (Å²) >= 11 is 0. The molecule has 0 aliphatic carbocycles. The van der Waals surface area contributed by atoms with Gasteiger partial charge in [0.25, 0.3) is 5.91 Å². The van der Waals surface area contributed by atoms with E-state index in [1.807, 2.05) is 0 Å². The fraction of sp³-hybridized carbons (Fsp3) is 0.500. The molecule has 0 aromatic carbocycles. The average Bonchev–Trinajstić information content (AvgIpc) is 3.01. The highest BCUT2D eigenvalue weighted by Crippen LogP contribution is 2.04. The maximum absolute atomic E-state index is 12.0. The first-order valence-electron chi connectivity index (χ1n) is 6.91. The molecule has 2 heterocycles. The largest absolute Gasteiger partial charge is 0.472 e. The minimum Gasteiger partial charge on any atom is -0.472 e. The van der Waals surface area contributed by atoms with Crippen LogP contribution < -0.4 is 5.32 Å². The predicted octanol–water partition coefficient (Wildman–Crippen LogP) is 0.0902. The molecule has 0 bridgehead atoms. The number of carbonyl (C=O) groups excluding carboxylic acids is 3. The van der Waals surface area contributed by atoms with Crippen molar-refractivity contribution in [3.8, 4) is 0 Å². The molecule has 0 radical (unpaired) electrons. The number of carbonyl (C=O) groups is 3. The Morgan fingerprint density at radius 3 is 2.43 bits per heavy atom. The van der Waals surface area contributed by atoms with Gasteiger partial charge in [-0.15, -0.1) is 0 Å². The molecule has 114 valence electrons. The number of nitrogens with zero attached hydrogens (tertiary/aromatic N) is 2. The van der Waals surface area contributed by atoms with Gasteiger partial charge in [-0.05, 0) is 6.07 Å². The highest BCUT2D eigenvalue weighted by molar-refractivity contribution is 5.94. The third-order valence-corrected chi connectivity index (χ3v) is 3.49. The molecule has 0 spiro atoms. The minimum atomic E-state index is -0.252. The lowest BCUT2D eigenvalue weighted by Gasteiger charge is -2.34. The molecular formula is C14H19N3O4. The van der Waals surface area contributed by atoms with Crippen LogP contribution in [0.2, 0.25) is 0 Å². The van der Waals surface area contributed by atoms with Gasteiger partial charge < -0.3 is 19.5 Å². The lowest BCUT2D eigenvalue weighted by molar-refractivity contribution is -0.138. The lowest BCUT2D eigenvalue weighted by atomic mass is 10.2. The molecule has 1 aliphatic heterocycles. The Balaban J connectivity index is 1.68. The number of amides is 3. The summed E-state index contributed by atoms with van der Waals surface area (Å²) < 4.78 is 4.82. The van der Waals surface area contributed by atoms with Crippen LogP contribution in [-0.2, 0) is 9.59 Å². The molecule has 0 unspecified atom stereocenters. The first-order valence-corrected chi connectivity index (χ1v) is 6.91. The third-order valence-electron chi connectivity index (χ3n) is 3.49. The van der Waals surface area contributed by atoms with Crippen LogP contribution in [0.25, 0.3) is 0 Å². The zero-order valence-corrected chi connectivity index (χ0v) is 12.0. The van der Waals surface area contributed by atoms with E-state index in [0.29, 0.717) is 31.7 Å². The van der Waals surface area contributed by atoms with Crippen molar-refractivity contribution < 1.29 is 18.8 Å². The van der Waals surface area contributed by atoms with Gasteiger partial charge >= 0.3 is 0 Å². The molecule has 0 saturated carbocycles. The molecule has 7 heteroatoms. The highest BCUT2D eigenvalue weighted by Gasteiger charge is 2.22. The van der Waals surface area contributed by atoms with Gasteiger partial charge in [0.15, 0.2) is 0 Å². The van der Waals surface area contributed by atoms with Gasteiger partial charge in [0.2, 0.25) is 11.8 Å². The Morgan fingerprint density at radius 1 is 1.19 bits per heavy atom. The molecule has 1 aliphatic rings. The standard InChI is InChI=1S/C14H19N3O4/c1-11(18)16-5-7-17(8-6-16)13(19)2-4-15-14(20)12-3-9-21-10-12/h3,9-10H,2,4-8H2,1H3,(H,15,20). The van der Waals surface area contributed by atoms with Crippen LogP contribution in [0.4, 0.5) is 0 Å². The number of hydrogen-bond donors (Lipinski definition) is 1. The first kappa shape index (κ1) is 15.1. The summed E-state index contributed by atoms with van der Waals surface area (Å²) in [7, 11) is 0. The SMILES string of the molecule is CC(=O)N1CCN(C(=O)CCNC(=O)c2ccoc2)CC1. The van der Waals surface area contributed by atoms with Crippen LogP contribution >= 0.6 is 0 Å².